The lowest BCUT2D eigenvalue weighted by atomic mass is 10.2. The molecular weight excluding hydrogens is 527 g/mol. The largest absolute Gasteiger partial charge is 0.451 e. The monoisotopic (exact) mass is 545 g/mol. The van der Waals surface area contributed by atoms with Crippen LogP contribution in [0.4, 0.5) is 24.8 Å². The first-order valence-corrected chi connectivity index (χ1v) is 11.8. The van der Waals surface area contributed by atoms with Crippen molar-refractivity contribution in [2.24, 2.45) is 0 Å². The number of hydrogen-bond acceptors (Lipinski definition) is 10. The Morgan fingerprint density at radius 1 is 1.18 bits per heavy atom. The molecule has 0 aliphatic carbocycles. The number of pyridine rings is 1. The van der Waals surface area contributed by atoms with E-state index in [4.69, 9.17) is 0 Å². The molecule has 4 aromatic heterocycles. The number of amides is 2. The van der Waals surface area contributed by atoms with Crippen LogP contribution in [0.15, 0.2) is 48.5 Å². The Hall–Kier alpha value is -4.44. The number of halogens is 3. The summed E-state index contributed by atoms with van der Waals surface area (Å²) in [6, 6.07) is 5.22. The van der Waals surface area contributed by atoms with Gasteiger partial charge in [0, 0.05) is 36.6 Å². The van der Waals surface area contributed by atoms with Gasteiger partial charge in [-0.05, 0) is 12.1 Å². The first-order chi connectivity index (χ1) is 18.1. The molecule has 1 unspecified atom stereocenters. The molecule has 12 nitrogen and oxygen atoms in total. The summed E-state index contributed by atoms with van der Waals surface area (Å²) in [6.45, 7) is -0.247. The van der Waals surface area contributed by atoms with Crippen molar-refractivity contribution < 1.29 is 27.9 Å². The van der Waals surface area contributed by atoms with Crippen molar-refractivity contribution in [3.8, 4) is 10.6 Å². The number of fused-ring (bicyclic) bond motifs is 1. The predicted octanol–water partition coefficient (Wildman–Crippen LogP) is 2.22. The summed E-state index contributed by atoms with van der Waals surface area (Å²) < 4.78 is 39.4. The Bertz CT molecular complexity index is 1470. The van der Waals surface area contributed by atoms with Crippen molar-refractivity contribution in [3.63, 3.8) is 0 Å². The molecule has 0 aromatic carbocycles. The predicted molar refractivity (Wildman–Crippen MR) is 128 cm³/mol. The fourth-order valence-corrected chi connectivity index (χ4v) is 4.46. The van der Waals surface area contributed by atoms with Crippen molar-refractivity contribution >= 4 is 34.8 Å². The van der Waals surface area contributed by atoms with E-state index in [-0.39, 0.29) is 36.0 Å². The molecule has 0 fully saturated rings. The number of thiazole rings is 1. The van der Waals surface area contributed by atoms with Gasteiger partial charge in [0.2, 0.25) is 18.1 Å². The summed E-state index contributed by atoms with van der Waals surface area (Å²) in [4.78, 5) is 47.8. The number of nitrogens with zero attached hydrogens (tertiary/aromatic N) is 8. The van der Waals surface area contributed by atoms with Gasteiger partial charge < -0.3 is 19.9 Å². The maximum Gasteiger partial charge on any atom is 0.451 e. The van der Waals surface area contributed by atoms with Crippen LogP contribution in [-0.4, -0.2) is 64.7 Å². The molecule has 16 heteroatoms. The SMILES string of the molecule is CN1c2ncn(CC(=O)Nc3csc(-c4cnc(C(F)(F)F)nc4)n3)c2C(=O)N(Cc2ccccn2)C1O. The van der Waals surface area contributed by atoms with Gasteiger partial charge in [-0.2, -0.15) is 13.2 Å². The average molecular weight is 546 g/mol. The Balaban J connectivity index is 1.29. The molecule has 1 aliphatic rings. The van der Waals surface area contributed by atoms with Crippen LogP contribution in [0.1, 0.15) is 22.0 Å². The van der Waals surface area contributed by atoms with Crippen molar-refractivity contribution in [2.45, 2.75) is 25.6 Å². The van der Waals surface area contributed by atoms with Gasteiger partial charge in [-0.1, -0.05) is 6.07 Å². The minimum absolute atomic E-state index is 0.0389. The van der Waals surface area contributed by atoms with E-state index >= 15 is 0 Å². The fraction of sp³-hybridized carbons (Fsp3) is 0.227. The van der Waals surface area contributed by atoms with Crippen LogP contribution in [0, 0.1) is 0 Å². The second kappa shape index (κ2) is 9.79. The molecule has 5 rings (SSSR count). The van der Waals surface area contributed by atoms with Crippen molar-refractivity contribution in [1.82, 2.24) is 34.4 Å². The highest BCUT2D eigenvalue weighted by Gasteiger charge is 2.39. The maximum absolute atomic E-state index is 13.3. The topological polar surface area (TPSA) is 142 Å². The molecule has 0 spiro atoms. The standard InChI is InChI=1S/C22H18F3N9O3S/c1-32-17-16(19(36)34(21(32)37)8-13-4-2-3-5-26-13)33(11-29-17)9-15(35)30-14-10-38-18(31-14)12-6-27-20(28-7-12)22(23,24)25/h2-7,10-11,21,37H,8-9H2,1H3,(H,30,35). The smallest absolute Gasteiger partial charge is 0.356 e. The second-order valence-electron chi connectivity index (χ2n) is 8.14. The van der Waals surface area contributed by atoms with Crippen molar-refractivity contribution in [3.05, 3.63) is 65.7 Å². The van der Waals surface area contributed by atoms with Gasteiger partial charge in [0.15, 0.2) is 11.5 Å². The third kappa shape index (κ3) is 4.90. The van der Waals surface area contributed by atoms with Crippen LogP contribution in [0.2, 0.25) is 0 Å². The number of carbonyl (C=O) groups excluding carboxylic acids is 2. The quantitative estimate of drug-likeness (QED) is 0.373. The third-order valence-electron chi connectivity index (χ3n) is 5.54. The van der Waals surface area contributed by atoms with E-state index in [0.29, 0.717) is 10.7 Å². The average Bonchev–Trinajstić information content (AvgIpc) is 3.53. The van der Waals surface area contributed by atoms with Crippen LogP contribution in [0.25, 0.3) is 10.6 Å². The van der Waals surface area contributed by atoms with E-state index in [1.165, 1.54) is 26.1 Å². The Kier molecular flexibility index (Phi) is 6.50. The molecular formula is C22H18F3N9O3S. The van der Waals surface area contributed by atoms with E-state index in [1.807, 2.05) is 0 Å². The highest BCUT2D eigenvalue weighted by molar-refractivity contribution is 7.13. The Morgan fingerprint density at radius 2 is 1.95 bits per heavy atom. The summed E-state index contributed by atoms with van der Waals surface area (Å²) in [5.41, 5.74) is 0.940. The first-order valence-electron chi connectivity index (χ1n) is 10.9. The Morgan fingerprint density at radius 3 is 2.63 bits per heavy atom. The number of nitrogens with one attached hydrogen (secondary N) is 1. The zero-order valence-corrected chi connectivity index (χ0v) is 20.3. The lowest BCUT2D eigenvalue weighted by Crippen LogP contribution is -2.54. The number of aliphatic hydroxyl groups is 1. The fourth-order valence-electron chi connectivity index (χ4n) is 3.73. The summed E-state index contributed by atoms with van der Waals surface area (Å²) in [7, 11) is 1.57. The summed E-state index contributed by atoms with van der Waals surface area (Å²) in [5, 5.41) is 15.1. The summed E-state index contributed by atoms with van der Waals surface area (Å²) in [6.07, 6.45) is -1.03. The lowest BCUT2D eigenvalue weighted by Gasteiger charge is -2.38. The number of carbonyl (C=O) groups is 2. The van der Waals surface area contributed by atoms with E-state index in [9.17, 15) is 27.9 Å². The molecule has 38 heavy (non-hydrogen) atoms. The van der Waals surface area contributed by atoms with E-state index < -0.39 is 30.2 Å². The zero-order chi connectivity index (χ0) is 27.0. The number of anilines is 2. The molecule has 2 N–H and O–H groups in total. The molecule has 4 aromatic rings. The number of hydrogen-bond donors (Lipinski definition) is 2. The van der Waals surface area contributed by atoms with Crippen LogP contribution in [0.5, 0.6) is 0 Å². The third-order valence-corrected chi connectivity index (χ3v) is 6.43. The van der Waals surface area contributed by atoms with E-state index in [1.54, 1.807) is 31.4 Å². The maximum atomic E-state index is 13.3. The van der Waals surface area contributed by atoms with Crippen LogP contribution in [-0.2, 0) is 24.1 Å². The molecule has 196 valence electrons. The zero-order valence-electron chi connectivity index (χ0n) is 19.5. The molecule has 1 aliphatic heterocycles. The van der Waals surface area contributed by atoms with Gasteiger partial charge in [-0.3, -0.25) is 19.5 Å². The second-order valence-corrected chi connectivity index (χ2v) is 8.99. The molecule has 5 heterocycles. The van der Waals surface area contributed by atoms with Gasteiger partial charge in [0.05, 0.1) is 18.6 Å². The van der Waals surface area contributed by atoms with Crippen molar-refractivity contribution in [1.29, 1.82) is 0 Å². The van der Waals surface area contributed by atoms with Crippen molar-refractivity contribution in [2.75, 3.05) is 17.3 Å². The molecule has 1 atom stereocenters. The number of alkyl halides is 3. The highest BCUT2D eigenvalue weighted by atomic mass is 32.1. The molecule has 0 radical (unpaired) electrons. The minimum Gasteiger partial charge on any atom is -0.356 e. The Labute approximate surface area is 216 Å². The van der Waals surface area contributed by atoms with Gasteiger partial charge >= 0.3 is 6.18 Å². The van der Waals surface area contributed by atoms with Gasteiger partial charge in [0.1, 0.15) is 17.4 Å². The van der Waals surface area contributed by atoms with E-state index in [2.05, 4.69) is 30.2 Å². The lowest BCUT2D eigenvalue weighted by molar-refractivity contribution is -0.145. The minimum atomic E-state index is -4.66. The van der Waals surface area contributed by atoms with Crippen LogP contribution in [0.3, 0.4) is 0 Å². The van der Waals surface area contributed by atoms with Gasteiger partial charge in [-0.15, -0.1) is 11.3 Å². The van der Waals surface area contributed by atoms with E-state index in [0.717, 1.165) is 23.7 Å². The molecule has 0 saturated heterocycles. The van der Waals surface area contributed by atoms with Gasteiger partial charge in [0.25, 0.3) is 5.91 Å². The number of aliphatic hydroxyl groups excluding tert-OH is 1. The molecule has 0 saturated carbocycles. The van der Waals surface area contributed by atoms with Crippen LogP contribution >= 0.6 is 11.3 Å². The number of aromatic nitrogens is 6. The van der Waals surface area contributed by atoms with Crippen LogP contribution < -0.4 is 10.2 Å². The first kappa shape index (κ1) is 25.2. The summed E-state index contributed by atoms with van der Waals surface area (Å²) >= 11 is 1.08. The summed E-state index contributed by atoms with van der Waals surface area (Å²) in [5.74, 6) is -1.94. The highest BCUT2D eigenvalue weighted by Crippen LogP contribution is 2.30. The number of imidazole rings is 1. The number of rotatable bonds is 6. The van der Waals surface area contributed by atoms with Gasteiger partial charge in [-0.25, -0.2) is 19.9 Å². The molecule has 2 amide bonds. The molecule has 0 bridgehead atoms. The normalized spacial score (nSPS) is 15.5.